The fraction of sp³-hybridized carbons (Fsp3) is 0.294. The Kier molecular flexibility index (Phi) is 3.09. The van der Waals surface area contributed by atoms with Crippen molar-refractivity contribution in [3.63, 3.8) is 0 Å². The van der Waals surface area contributed by atoms with Gasteiger partial charge in [-0.25, -0.2) is 0 Å². The summed E-state index contributed by atoms with van der Waals surface area (Å²) < 4.78 is 6.93. The molecule has 0 saturated carbocycles. The van der Waals surface area contributed by atoms with Crippen LogP contribution in [0.15, 0.2) is 46.4 Å². The molecule has 1 aromatic carbocycles. The number of fused-ring (bicyclic) bond motifs is 2. The molecule has 0 spiro atoms. The Morgan fingerprint density at radius 1 is 1.25 bits per heavy atom. The summed E-state index contributed by atoms with van der Waals surface area (Å²) in [7, 11) is 0. The Balaban J connectivity index is 1.54. The minimum atomic E-state index is 0.441. The molecule has 0 fully saturated rings. The lowest BCUT2D eigenvalue weighted by Gasteiger charge is -2.22. The van der Waals surface area contributed by atoms with E-state index in [2.05, 4.69) is 41.0 Å². The second kappa shape index (κ2) is 5.08. The van der Waals surface area contributed by atoms with Crippen molar-refractivity contribution in [1.82, 2.24) is 5.32 Å². The third kappa shape index (κ3) is 2.07. The van der Waals surface area contributed by atoms with Crippen LogP contribution in [0.3, 0.4) is 0 Å². The van der Waals surface area contributed by atoms with Crippen LogP contribution in [0.2, 0.25) is 0 Å². The number of furan rings is 1. The summed E-state index contributed by atoms with van der Waals surface area (Å²) in [4.78, 5) is 0. The van der Waals surface area contributed by atoms with Gasteiger partial charge < -0.3 is 9.73 Å². The van der Waals surface area contributed by atoms with E-state index in [1.165, 1.54) is 39.8 Å². The van der Waals surface area contributed by atoms with Crippen LogP contribution in [0, 0.1) is 0 Å². The highest BCUT2D eigenvalue weighted by Crippen LogP contribution is 2.31. The molecule has 102 valence electrons. The van der Waals surface area contributed by atoms with Crippen LogP contribution in [0.4, 0.5) is 0 Å². The second-order valence-corrected chi connectivity index (χ2v) is 6.29. The number of aryl methyl sites for hydroxylation is 1. The third-order valence-corrected chi connectivity index (χ3v) is 5.16. The van der Waals surface area contributed by atoms with Crippen LogP contribution in [-0.2, 0) is 13.0 Å². The van der Waals surface area contributed by atoms with Gasteiger partial charge in [0.15, 0.2) is 0 Å². The lowest BCUT2D eigenvalue weighted by Crippen LogP contribution is -2.23. The van der Waals surface area contributed by atoms with Crippen molar-refractivity contribution in [2.75, 3.05) is 0 Å². The van der Waals surface area contributed by atoms with Gasteiger partial charge in [0.2, 0.25) is 0 Å². The van der Waals surface area contributed by atoms with Crippen LogP contribution in [0.1, 0.15) is 35.8 Å². The fourth-order valence-corrected chi connectivity index (χ4v) is 4.06. The van der Waals surface area contributed by atoms with Gasteiger partial charge in [0, 0.05) is 29.3 Å². The lowest BCUT2D eigenvalue weighted by molar-refractivity contribution is 0.411. The van der Waals surface area contributed by atoms with E-state index in [0.29, 0.717) is 6.04 Å². The van der Waals surface area contributed by atoms with E-state index in [0.717, 1.165) is 13.0 Å². The molecule has 3 heteroatoms. The van der Waals surface area contributed by atoms with Crippen LogP contribution in [0.5, 0.6) is 0 Å². The zero-order valence-corrected chi connectivity index (χ0v) is 12.1. The Bertz CT molecular complexity index is 727. The predicted octanol–water partition coefficient (Wildman–Crippen LogP) is 4.66. The van der Waals surface area contributed by atoms with Gasteiger partial charge in [-0.2, -0.15) is 0 Å². The van der Waals surface area contributed by atoms with Crippen LogP contribution < -0.4 is 5.32 Å². The summed E-state index contributed by atoms with van der Waals surface area (Å²) >= 11 is 1.83. The van der Waals surface area contributed by atoms with Crippen LogP contribution in [0.25, 0.3) is 10.1 Å². The van der Waals surface area contributed by atoms with E-state index in [1.807, 2.05) is 17.6 Å². The molecule has 0 saturated heterocycles. The van der Waals surface area contributed by atoms with Gasteiger partial charge in [0.05, 0.1) is 6.26 Å². The Morgan fingerprint density at radius 2 is 2.20 bits per heavy atom. The summed E-state index contributed by atoms with van der Waals surface area (Å²) in [5.41, 5.74) is 2.76. The normalized spacial score (nSPS) is 18.3. The SMILES string of the molecule is c1ccc2c(CNC3CCCc4occc43)csc2c1. The van der Waals surface area contributed by atoms with Gasteiger partial charge in [-0.1, -0.05) is 18.2 Å². The van der Waals surface area contributed by atoms with Crippen molar-refractivity contribution in [3.05, 3.63) is 58.9 Å². The predicted molar refractivity (Wildman–Crippen MR) is 83.1 cm³/mol. The third-order valence-electron chi connectivity index (χ3n) is 4.15. The molecule has 1 aliphatic rings. The minimum absolute atomic E-state index is 0.441. The molecule has 2 aromatic heterocycles. The number of rotatable bonds is 3. The Labute approximate surface area is 122 Å². The summed E-state index contributed by atoms with van der Waals surface area (Å²) in [6, 6.07) is 11.2. The van der Waals surface area contributed by atoms with E-state index in [1.54, 1.807) is 0 Å². The first-order chi connectivity index (χ1) is 9.92. The molecule has 0 radical (unpaired) electrons. The Morgan fingerprint density at radius 3 is 3.20 bits per heavy atom. The van der Waals surface area contributed by atoms with Crippen molar-refractivity contribution in [3.8, 4) is 0 Å². The minimum Gasteiger partial charge on any atom is -0.469 e. The zero-order chi connectivity index (χ0) is 13.4. The van der Waals surface area contributed by atoms with Crippen molar-refractivity contribution in [2.45, 2.75) is 31.8 Å². The number of hydrogen-bond donors (Lipinski definition) is 1. The monoisotopic (exact) mass is 283 g/mol. The highest BCUT2D eigenvalue weighted by Gasteiger charge is 2.22. The molecule has 0 bridgehead atoms. The van der Waals surface area contributed by atoms with Gasteiger partial charge in [0.25, 0.3) is 0 Å². The maximum atomic E-state index is 5.56. The first kappa shape index (κ1) is 12.2. The van der Waals surface area contributed by atoms with Gasteiger partial charge in [-0.05, 0) is 41.3 Å². The topological polar surface area (TPSA) is 25.2 Å². The molecule has 2 heterocycles. The Hall–Kier alpha value is -1.58. The molecule has 3 aromatic rings. The van der Waals surface area contributed by atoms with Gasteiger partial charge in [0.1, 0.15) is 5.76 Å². The summed E-state index contributed by atoms with van der Waals surface area (Å²) in [5, 5.41) is 7.36. The molecule has 1 atom stereocenters. The number of hydrogen-bond acceptors (Lipinski definition) is 3. The summed E-state index contributed by atoms with van der Waals surface area (Å²) in [6.45, 7) is 0.930. The first-order valence-corrected chi connectivity index (χ1v) is 8.04. The van der Waals surface area contributed by atoms with Crippen molar-refractivity contribution < 1.29 is 4.42 Å². The van der Waals surface area contributed by atoms with Gasteiger partial charge >= 0.3 is 0 Å². The van der Waals surface area contributed by atoms with Crippen LogP contribution in [-0.4, -0.2) is 0 Å². The molecular weight excluding hydrogens is 266 g/mol. The molecule has 4 rings (SSSR count). The number of benzene rings is 1. The van der Waals surface area contributed by atoms with Gasteiger partial charge in [-0.15, -0.1) is 11.3 Å². The summed E-state index contributed by atoms with van der Waals surface area (Å²) in [5.74, 6) is 1.17. The van der Waals surface area contributed by atoms with Crippen molar-refractivity contribution in [2.24, 2.45) is 0 Å². The molecule has 0 amide bonds. The number of thiophene rings is 1. The fourth-order valence-electron chi connectivity index (χ4n) is 3.10. The lowest BCUT2D eigenvalue weighted by atomic mass is 9.93. The van der Waals surface area contributed by atoms with Crippen LogP contribution >= 0.6 is 11.3 Å². The zero-order valence-electron chi connectivity index (χ0n) is 11.3. The maximum Gasteiger partial charge on any atom is 0.108 e. The molecule has 2 nitrogen and oxygen atoms in total. The highest BCUT2D eigenvalue weighted by atomic mass is 32.1. The second-order valence-electron chi connectivity index (χ2n) is 5.38. The van der Waals surface area contributed by atoms with Gasteiger partial charge in [-0.3, -0.25) is 0 Å². The molecule has 20 heavy (non-hydrogen) atoms. The smallest absolute Gasteiger partial charge is 0.108 e. The van der Waals surface area contributed by atoms with Crippen molar-refractivity contribution >= 4 is 21.4 Å². The molecule has 0 aliphatic heterocycles. The highest BCUT2D eigenvalue weighted by molar-refractivity contribution is 7.17. The summed E-state index contributed by atoms with van der Waals surface area (Å²) in [6.07, 6.45) is 5.32. The van der Waals surface area contributed by atoms with Crippen molar-refractivity contribution in [1.29, 1.82) is 0 Å². The average molecular weight is 283 g/mol. The number of nitrogens with one attached hydrogen (secondary N) is 1. The molecular formula is C17H17NOS. The van der Waals surface area contributed by atoms with E-state index < -0.39 is 0 Å². The maximum absolute atomic E-state index is 5.56. The molecule has 1 N–H and O–H groups in total. The largest absolute Gasteiger partial charge is 0.469 e. The van der Waals surface area contributed by atoms with E-state index in [9.17, 15) is 0 Å². The first-order valence-electron chi connectivity index (χ1n) is 7.16. The molecule has 1 unspecified atom stereocenters. The average Bonchev–Trinajstić information content (AvgIpc) is 3.12. The van der Waals surface area contributed by atoms with E-state index in [4.69, 9.17) is 4.42 Å². The van der Waals surface area contributed by atoms with E-state index in [-0.39, 0.29) is 0 Å². The quantitative estimate of drug-likeness (QED) is 0.756. The molecule has 1 aliphatic carbocycles. The standard InChI is InChI=1S/C17H17NOS/c1-2-7-17-13(4-1)12(11-20-17)10-18-15-5-3-6-16-14(15)8-9-19-16/h1-2,4,7-9,11,15,18H,3,5-6,10H2. The van der Waals surface area contributed by atoms with E-state index >= 15 is 0 Å².